The molecule has 1 atom stereocenters. The summed E-state index contributed by atoms with van der Waals surface area (Å²) in [7, 11) is 0. The zero-order chi connectivity index (χ0) is 17.1. The number of hydrogen-bond donors (Lipinski definition) is 1. The summed E-state index contributed by atoms with van der Waals surface area (Å²) in [5.74, 6) is -0.101. The third kappa shape index (κ3) is 3.88. The van der Waals surface area contributed by atoms with Gasteiger partial charge in [-0.15, -0.1) is 0 Å². The number of nitrogens with zero attached hydrogens (tertiary/aromatic N) is 3. The van der Waals surface area contributed by atoms with E-state index >= 15 is 0 Å². The number of imide groups is 1. The fourth-order valence-corrected chi connectivity index (χ4v) is 3.35. The molecule has 6 nitrogen and oxygen atoms in total. The molecule has 0 saturated carbocycles. The molecule has 7 heteroatoms. The lowest BCUT2D eigenvalue weighted by Gasteiger charge is -2.38. The highest BCUT2D eigenvalue weighted by atomic mass is 35.5. The Labute approximate surface area is 147 Å². The number of hydrogen-bond acceptors (Lipinski definition) is 4. The summed E-state index contributed by atoms with van der Waals surface area (Å²) in [5.41, 5.74) is 1.24. The fourth-order valence-electron chi connectivity index (χ4n) is 3.22. The van der Waals surface area contributed by atoms with Crippen molar-refractivity contribution in [2.45, 2.75) is 19.5 Å². The second-order valence-electron chi connectivity index (χ2n) is 6.34. The van der Waals surface area contributed by atoms with Crippen molar-refractivity contribution < 1.29 is 9.59 Å². The molecule has 2 aliphatic heterocycles. The number of piperazine rings is 1. The van der Waals surface area contributed by atoms with E-state index in [0.29, 0.717) is 13.1 Å². The molecular weight excluding hydrogens is 328 g/mol. The highest BCUT2D eigenvalue weighted by Crippen LogP contribution is 2.15. The van der Waals surface area contributed by atoms with E-state index in [0.717, 1.165) is 37.7 Å². The molecule has 130 valence electrons. The number of carbonyl (C=O) groups is 2. The van der Waals surface area contributed by atoms with E-state index in [1.165, 1.54) is 10.5 Å². The van der Waals surface area contributed by atoms with Crippen molar-refractivity contribution in [3.63, 3.8) is 0 Å². The minimum Gasteiger partial charge on any atom is -0.336 e. The third-order valence-electron chi connectivity index (χ3n) is 4.75. The summed E-state index contributed by atoms with van der Waals surface area (Å²) in [5, 5.41) is 3.43. The number of amides is 3. The molecule has 3 rings (SSSR count). The van der Waals surface area contributed by atoms with Crippen LogP contribution in [0.15, 0.2) is 24.3 Å². The van der Waals surface area contributed by atoms with Gasteiger partial charge in [-0.25, -0.2) is 4.79 Å². The normalized spacial score (nSPS) is 20.9. The molecule has 2 aliphatic rings. The lowest BCUT2D eigenvalue weighted by atomic mass is 10.1. The van der Waals surface area contributed by atoms with Gasteiger partial charge in [0.15, 0.2) is 0 Å². The number of halogens is 1. The maximum absolute atomic E-state index is 12.5. The van der Waals surface area contributed by atoms with Gasteiger partial charge in [-0.2, -0.15) is 0 Å². The summed E-state index contributed by atoms with van der Waals surface area (Å²) in [6.07, 6.45) is 0. The van der Waals surface area contributed by atoms with Crippen LogP contribution in [0.4, 0.5) is 4.79 Å². The predicted molar refractivity (Wildman–Crippen MR) is 92.9 cm³/mol. The van der Waals surface area contributed by atoms with Crippen molar-refractivity contribution in [2.24, 2.45) is 0 Å². The summed E-state index contributed by atoms with van der Waals surface area (Å²) >= 11 is 5.92. The van der Waals surface area contributed by atoms with Crippen LogP contribution in [0.2, 0.25) is 5.02 Å². The van der Waals surface area contributed by atoms with Gasteiger partial charge in [-0.05, 0) is 24.6 Å². The highest BCUT2D eigenvalue weighted by Gasteiger charge is 2.33. The van der Waals surface area contributed by atoms with Crippen LogP contribution in [-0.4, -0.2) is 71.9 Å². The van der Waals surface area contributed by atoms with Crippen LogP contribution < -0.4 is 5.32 Å². The first-order chi connectivity index (χ1) is 11.5. The van der Waals surface area contributed by atoms with E-state index in [-0.39, 0.29) is 18.0 Å². The number of rotatable bonds is 4. The summed E-state index contributed by atoms with van der Waals surface area (Å²) < 4.78 is 0. The quantitative estimate of drug-likeness (QED) is 0.891. The summed E-state index contributed by atoms with van der Waals surface area (Å²) in [4.78, 5) is 30.0. The van der Waals surface area contributed by atoms with Crippen molar-refractivity contribution in [1.29, 1.82) is 0 Å². The molecule has 0 spiro atoms. The molecule has 2 saturated heterocycles. The third-order valence-corrected chi connectivity index (χ3v) is 5.01. The zero-order valence-electron chi connectivity index (χ0n) is 13.9. The minimum atomic E-state index is -0.270. The Bertz CT molecular complexity index is 599. The van der Waals surface area contributed by atoms with Crippen molar-refractivity contribution >= 4 is 23.5 Å². The molecule has 1 aromatic carbocycles. The minimum absolute atomic E-state index is 0.101. The molecule has 0 bridgehead atoms. The molecule has 1 N–H and O–H groups in total. The highest BCUT2D eigenvalue weighted by molar-refractivity contribution is 6.30. The van der Waals surface area contributed by atoms with E-state index in [1.54, 1.807) is 0 Å². The molecule has 1 aromatic rings. The van der Waals surface area contributed by atoms with Gasteiger partial charge in [0.25, 0.3) is 0 Å². The van der Waals surface area contributed by atoms with Crippen LogP contribution >= 0.6 is 11.6 Å². The molecule has 3 amide bonds. The Kier molecular flexibility index (Phi) is 5.38. The standard InChI is InChI=1S/C17H23ClN4O2/c1-13(16(23)22-7-6-19-17(22)24)21-10-8-20(9-11-21)12-14-2-4-15(18)5-3-14/h2-5,13H,6-12H2,1H3,(H,19,24)/t13-/m1/s1. The smallest absolute Gasteiger partial charge is 0.324 e. The lowest BCUT2D eigenvalue weighted by molar-refractivity contribution is -0.133. The van der Waals surface area contributed by atoms with Gasteiger partial charge in [0, 0.05) is 50.8 Å². The largest absolute Gasteiger partial charge is 0.336 e. The molecule has 2 fully saturated rings. The van der Waals surface area contributed by atoms with Gasteiger partial charge in [0.05, 0.1) is 6.04 Å². The van der Waals surface area contributed by atoms with Gasteiger partial charge >= 0.3 is 6.03 Å². The first-order valence-electron chi connectivity index (χ1n) is 8.34. The Balaban J connectivity index is 1.50. The van der Waals surface area contributed by atoms with Gasteiger partial charge in [-0.1, -0.05) is 23.7 Å². The van der Waals surface area contributed by atoms with Crippen molar-refractivity contribution in [1.82, 2.24) is 20.0 Å². The van der Waals surface area contributed by atoms with Crippen LogP contribution in [0.5, 0.6) is 0 Å². The first-order valence-corrected chi connectivity index (χ1v) is 8.72. The van der Waals surface area contributed by atoms with Crippen LogP contribution in [0.25, 0.3) is 0 Å². The van der Waals surface area contributed by atoms with E-state index in [4.69, 9.17) is 11.6 Å². The molecule has 0 radical (unpaired) electrons. The molecule has 0 unspecified atom stereocenters. The number of benzene rings is 1. The van der Waals surface area contributed by atoms with Crippen LogP contribution in [0, 0.1) is 0 Å². The maximum Gasteiger partial charge on any atom is 0.324 e. The lowest BCUT2D eigenvalue weighted by Crippen LogP contribution is -2.54. The van der Waals surface area contributed by atoms with E-state index < -0.39 is 0 Å². The van der Waals surface area contributed by atoms with Crippen LogP contribution in [-0.2, 0) is 11.3 Å². The Morgan fingerprint density at radius 3 is 2.42 bits per heavy atom. The summed E-state index contributed by atoms with van der Waals surface area (Å²) in [6.45, 7) is 7.28. The van der Waals surface area contributed by atoms with E-state index in [9.17, 15) is 9.59 Å². The predicted octanol–water partition coefficient (Wildman–Crippen LogP) is 1.40. The molecule has 0 aliphatic carbocycles. The molecular formula is C17H23ClN4O2. The Morgan fingerprint density at radius 2 is 1.83 bits per heavy atom. The molecule has 2 heterocycles. The van der Waals surface area contributed by atoms with Gasteiger partial charge in [0.2, 0.25) is 5.91 Å². The SMILES string of the molecule is C[C@H](C(=O)N1CCNC1=O)N1CCN(Cc2ccc(Cl)cc2)CC1. The summed E-state index contributed by atoms with van der Waals surface area (Å²) in [6, 6.07) is 7.39. The van der Waals surface area contributed by atoms with Crippen molar-refractivity contribution in [3.05, 3.63) is 34.9 Å². The zero-order valence-corrected chi connectivity index (χ0v) is 14.6. The molecule has 0 aromatic heterocycles. The number of carbonyl (C=O) groups excluding carboxylic acids is 2. The Morgan fingerprint density at radius 1 is 1.17 bits per heavy atom. The number of urea groups is 1. The van der Waals surface area contributed by atoms with E-state index in [2.05, 4.69) is 15.1 Å². The average Bonchev–Trinajstić information content (AvgIpc) is 3.02. The topological polar surface area (TPSA) is 55.9 Å². The second kappa shape index (κ2) is 7.51. The van der Waals surface area contributed by atoms with Gasteiger partial charge in [-0.3, -0.25) is 19.5 Å². The number of nitrogens with one attached hydrogen (secondary N) is 1. The second-order valence-corrected chi connectivity index (χ2v) is 6.77. The van der Waals surface area contributed by atoms with Crippen LogP contribution in [0.1, 0.15) is 12.5 Å². The van der Waals surface area contributed by atoms with Crippen molar-refractivity contribution in [2.75, 3.05) is 39.3 Å². The fraction of sp³-hybridized carbons (Fsp3) is 0.529. The van der Waals surface area contributed by atoms with Gasteiger partial charge in [0.1, 0.15) is 0 Å². The molecule has 24 heavy (non-hydrogen) atoms. The van der Waals surface area contributed by atoms with E-state index in [1.807, 2.05) is 31.2 Å². The average molecular weight is 351 g/mol. The van der Waals surface area contributed by atoms with Crippen LogP contribution in [0.3, 0.4) is 0 Å². The maximum atomic E-state index is 12.5. The van der Waals surface area contributed by atoms with Crippen molar-refractivity contribution in [3.8, 4) is 0 Å². The Hall–Kier alpha value is -1.63. The first kappa shape index (κ1) is 17.2. The van der Waals surface area contributed by atoms with Gasteiger partial charge < -0.3 is 5.32 Å². The monoisotopic (exact) mass is 350 g/mol.